The molecule has 2 rings (SSSR count). The van der Waals surface area contributed by atoms with Crippen LogP contribution in [0.2, 0.25) is 0 Å². The Labute approximate surface area is 143 Å². The molecule has 7 heteroatoms. The summed E-state index contributed by atoms with van der Waals surface area (Å²) in [6.07, 6.45) is 5.94. The van der Waals surface area contributed by atoms with Gasteiger partial charge < -0.3 is 5.32 Å². The number of nitrogens with zero attached hydrogens (tertiary/aromatic N) is 1. The zero-order chi connectivity index (χ0) is 17.4. The number of hydrogen-bond acceptors (Lipinski definition) is 4. The molecule has 1 aliphatic rings. The Bertz CT molecular complexity index is 682. The molecule has 132 valence electrons. The van der Waals surface area contributed by atoms with Crippen molar-refractivity contribution in [3.8, 4) is 0 Å². The lowest BCUT2D eigenvalue weighted by atomic mass is 10.2. The molecule has 24 heavy (non-hydrogen) atoms. The van der Waals surface area contributed by atoms with Crippen LogP contribution in [0.25, 0.3) is 0 Å². The van der Waals surface area contributed by atoms with Gasteiger partial charge in [0.25, 0.3) is 10.0 Å². The molecule has 0 fully saturated rings. The van der Waals surface area contributed by atoms with E-state index in [-0.39, 0.29) is 10.8 Å². The van der Waals surface area contributed by atoms with Gasteiger partial charge >= 0.3 is 0 Å². The first-order chi connectivity index (χ1) is 11.5. The minimum Gasteiger partial charge on any atom is -0.326 e. The first-order valence-corrected chi connectivity index (χ1v) is 9.95. The van der Waals surface area contributed by atoms with Crippen LogP contribution in [0.15, 0.2) is 34.2 Å². The molecule has 0 aliphatic carbocycles. The highest BCUT2D eigenvalue weighted by Crippen LogP contribution is 2.15. The number of aliphatic imine (C=N–C) groups is 1. The Morgan fingerprint density at radius 1 is 1.17 bits per heavy atom. The molecule has 0 saturated heterocycles. The van der Waals surface area contributed by atoms with Gasteiger partial charge in [-0.15, -0.1) is 0 Å². The molecule has 0 bridgehead atoms. The van der Waals surface area contributed by atoms with Crippen LogP contribution in [0, 0.1) is 0 Å². The summed E-state index contributed by atoms with van der Waals surface area (Å²) < 4.78 is 27.4. The molecule has 2 N–H and O–H groups in total. The zero-order valence-corrected chi connectivity index (χ0v) is 14.9. The Kier molecular flexibility index (Phi) is 6.78. The van der Waals surface area contributed by atoms with Crippen LogP contribution in [0.5, 0.6) is 0 Å². The van der Waals surface area contributed by atoms with Crippen molar-refractivity contribution in [1.29, 1.82) is 0 Å². The molecule has 1 aliphatic heterocycles. The van der Waals surface area contributed by atoms with E-state index in [1.54, 1.807) is 12.1 Å². The monoisotopic (exact) mass is 351 g/mol. The second kappa shape index (κ2) is 8.82. The number of rotatable bonds is 6. The van der Waals surface area contributed by atoms with Gasteiger partial charge in [0.05, 0.1) is 4.90 Å². The van der Waals surface area contributed by atoms with Crippen LogP contribution in [-0.4, -0.2) is 26.7 Å². The van der Waals surface area contributed by atoms with E-state index in [1.165, 1.54) is 12.1 Å². The minimum absolute atomic E-state index is 0.0570. The first kappa shape index (κ1) is 18.4. The van der Waals surface area contributed by atoms with Gasteiger partial charge in [0.2, 0.25) is 5.91 Å². The van der Waals surface area contributed by atoms with E-state index < -0.39 is 10.0 Å². The second-order valence-electron chi connectivity index (χ2n) is 5.92. The summed E-state index contributed by atoms with van der Waals surface area (Å²) >= 11 is 0. The van der Waals surface area contributed by atoms with E-state index in [0.29, 0.717) is 30.9 Å². The van der Waals surface area contributed by atoms with E-state index in [9.17, 15) is 13.2 Å². The number of benzene rings is 1. The van der Waals surface area contributed by atoms with Gasteiger partial charge in [-0.25, -0.2) is 8.42 Å². The maximum atomic E-state index is 12.4. The predicted molar refractivity (Wildman–Crippen MR) is 95.7 cm³/mol. The molecule has 0 unspecified atom stereocenters. The van der Waals surface area contributed by atoms with Gasteiger partial charge in [0.1, 0.15) is 5.84 Å². The van der Waals surface area contributed by atoms with Crippen molar-refractivity contribution in [2.45, 2.75) is 56.8 Å². The highest BCUT2D eigenvalue weighted by atomic mass is 32.2. The molecule has 1 heterocycles. The summed E-state index contributed by atoms with van der Waals surface area (Å²) in [5.74, 6) is 0.475. The van der Waals surface area contributed by atoms with Crippen molar-refractivity contribution in [2.24, 2.45) is 4.99 Å². The van der Waals surface area contributed by atoms with Crippen LogP contribution in [-0.2, 0) is 14.8 Å². The minimum atomic E-state index is -3.63. The molecule has 0 saturated carbocycles. The largest absolute Gasteiger partial charge is 0.326 e. The summed E-state index contributed by atoms with van der Waals surface area (Å²) in [4.78, 5) is 16.1. The molecule has 0 spiro atoms. The van der Waals surface area contributed by atoms with Crippen molar-refractivity contribution in [3.63, 3.8) is 0 Å². The third-order valence-corrected chi connectivity index (χ3v) is 5.23. The number of unbranched alkanes of at least 4 members (excludes halogenated alkanes) is 1. The fourth-order valence-corrected chi connectivity index (χ4v) is 3.54. The fraction of sp³-hybridized carbons (Fsp3) is 0.529. The summed E-state index contributed by atoms with van der Waals surface area (Å²) in [7, 11) is -3.63. The van der Waals surface area contributed by atoms with E-state index >= 15 is 0 Å². The molecule has 6 nitrogen and oxygen atoms in total. The van der Waals surface area contributed by atoms with Gasteiger partial charge in [0.15, 0.2) is 0 Å². The standard InChI is InChI=1S/C17H25N3O3S/c1-2-3-8-17(21)19-14-9-11-15(12-10-14)24(22,23)20-16-7-5-4-6-13-18-16/h9-12H,2-8,13H2,1H3,(H,18,20)(H,19,21). The van der Waals surface area contributed by atoms with Crippen molar-refractivity contribution < 1.29 is 13.2 Å². The summed E-state index contributed by atoms with van der Waals surface area (Å²) in [6, 6.07) is 6.20. The van der Waals surface area contributed by atoms with E-state index in [0.717, 1.165) is 32.1 Å². The Morgan fingerprint density at radius 3 is 2.62 bits per heavy atom. The van der Waals surface area contributed by atoms with Crippen LogP contribution < -0.4 is 10.0 Å². The molecule has 0 radical (unpaired) electrons. The molecule has 1 aromatic carbocycles. The molecule has 0 atom stereocenters. The van der Waals surface area contributed by atoms with Crippen molar-refractivity contribution in [1.82, 2.24) is 4.72 Å². The normalized spacial score (nSPS) is 15.3. The highest BCUT2D eigenvalue weighted by Gasteiger charge is 2.17. The van der Waals surface area contributed by atoms with E-state index in [1.807, 2.05) is 6.92 Å². The second-order valence-corrected chi connectivity index (χ2v) is 7.60. The average Bonchev–Trinajstić information content (AvgIpc) is 2.81. The van der Waals surface area contributed by atoms with Crippen LogP contribution >= 0.6 is 0 Å². The number of sulfonamides is 1. The number of hydrogen-bond donors (Lipinski definition) is 2. The summed E-state index contributed by atoms with van der Waals surface area (Å²) in [6.45, 7) is 2.69. The van der Waals surface area contributed by atoms with Crippen molar-refractivity contribution in [3.05, 3.63) is 24.3 Å². The number of carbonyl (C=O) groups is 1. The number of anilines is 1. The first-order valence-electron chi connectivity index (χ1n) is 8.47. The Morgan fingerprint density at radius 2 is 1.92 bits per heavy atom. The summed E-state index contributed by atoms with van der Waals surface area (Å²) in [5.41, 5.74) is 0.599. The Balaban J connectivity index is 2.00. The molecule has 1 amide bonds. The van der Waals surface area contributed by atoms with E-state index in [2.05, 4.69) is 15.0 Å². The molecular formula is C17H25N3O3S. The SMILES string of the molecule is CCCCC(=O)Nc1ccc(S(=O)(=O)NC2=NCCCCC2)cc1. The predicted octanol–water partition coefficient (Wildman–Crippen LogP) is 3.07. The lowest BCUT2D eigenvalue weighted by Gasteiger charge is -2.10. The fourth-order valence-electron chi connectivity index (χ4n) is 2.45. The molecule has 0 aromatic heterocycles. The topological polar surface area (TPSA) is 87.6 Å². The lowest BCUT2D eigenvalue weighted by Crippen LogP contribution is -2.30. The van der Waals surface area contributed by atoms with Crippen molar-refractivity contribution in [2.75, 3.05) is 11.9 Å². The van der Waals surface area contributed by atoms with Gasteiger partial charge in [-0.2, -0.15) is 0 Å². The maximum absolute atomic E-state index is 12.4. The third kappa shape index (κ3) is 5.63. The maximum Gasteiger partial charge on any atom is 0.262 e. The number of amides is 1. The lowest BCUT2D eigenvalue weighted by molar-refractivity contribution is -0.116. The average molecular weight is 351 g/mol. The van der Waals surface area contributed by atoms with Crippen molar-refractivity contribution >= 4 is 27.5 Å². The Hall–Kier alpha value is -1.89. The molecular weight excluding hydrogens is 326 g/mol. The quantitative estimate of drug-likeness (QED) is 0.825. The van der Waals surface area contributed by atoms with Crippen LogP contribution in [0.1, 0.15) is 51.9 Å². The molecule has 1 aromatic rings. The van der Waals surface area contributed by atoms with Crippen LogP contribution in [0.3, 0.4) is 0 Å². The van der Waals surface area contributed by atoms with Gasteiger partial charge in [-0.3, -0.25) is 14.5 Å². The smallest absolute Gasteiger partial charge is 0.262 e. The van der Waals surface area contributed by atoms with Gasteiger partial charge in [0, 0.05) is 25.1 Å². The van der Waals surface area contributed by atoms with Crippen LogP contribution in [0.4, 0.5) is 5.69 Å². The van der Waals surface area contributed by atoms with E-state index in [4.69, 9.17) is 0 Å². The number of nitrogens with one attached hydrogen (secondary N) is 2. The number of carbonyl (C=O) groups excluding carboxylic acids is 1. The zero-order valence-electron chi connectivity index (χ0n) is 14.0. The third-order valence-electron chi connectivity index (χ3n) is 3.83. The summed E-state index contributed by atoms with van der Waals surface area (Å²) in [5, 5.41) is 2.77. The highest BCUT2D eigenvalue weighted by molar-refractivity contribution is 7.90. The number of amidine groups is 1. The van der Waals surface area contributed by atoms with Gasteiger partial charge in [-0.1, -0.05) is 19.8 Å². The van der Waals surface area contributed by atoms with Gasteiger partial charge in [-0.05, 0) is 43.5 Å².